The topological polar surface area (TPSA) is 78.5 Å². The molecule has 0 aliphatic carbocycles. The Balaban J connectivity index is 1.85. The van der Waals surface area contributed by atoms with Crippen LogP contribution in [0.5, 0.6) is 0 Å². The second kappa shape index (κ2) is 8.39. The van der Waals surface area contributed by atoms with Crippen molar-refractivity contribution in [1.82, 2.24) is 10.2 Å². The molecule has 1 aromatic carbocycles. The fourth-order valence-corrected chi connectivity index (χ4v) is 2.70. The molecular formula is C16H17ClF3N3O3. The average molecular weight is 392 g/mol. The third-order valence-corrected chi connectivity index (χ3v) is 4.04. The van der Waals surface area contributed by atoms with Gasteiger partial charge in [-0.05, 0) is 31.0 Å². The van der Waals surface area contributed by atoms with E-state index in [9.17, 15) is 27.6 Å². The van der Waals surface area contributed by atoms with Gasteiger partial charge in [0.25, 0.3) is 0 Å². The van der Waals surface area contributed by atoms with Crippen LogP contribution in [0.3, 0.4) is 0 Å². The predicted octanol–water partition coefficient (Wildman–Crippen LogP) is 2.43. The van der Waals surface area contributed by atoms with Crippen LogP contribution in [0.4, 0.5) is 18.9 Å². The number of rotatable bonds is 5. The normalized spacial score (nSPS) is 14.5. The number of nitrogens with zero attached hydrogens (tertiary/aromatic N) is 1. The van der Waals surface area contributed by atoms with Crippen LogP contribution in [0.15, 0.2) is 18.2 Å². The number of hydrogen-bond donors (Lipinski definition) is 2. The molecule has 1 aliphatic rings. The highest BCUT2D eigenvalue weighted by Gasteiger charge is 2.34. The number of benzene rings is 1. The summed E-state index contributed by atoms with van der Waals surface area (Å²) in [5.41, 5.74) is -1.69. The van der Waals surface area contributed by atoms with Gasteiger partial charge in [-0.25, -0.2) is 0 Å². The highest BCUT2D eigenvalue weighted by molar-refractivity contribution is 6.39. The van der Waals surface area contributed by atoms with Gasteiger partial charge < -0.3 is 15.5 Å². The van der Waals surface area contributed by atoms with E-state index in [1.165, 1.54) is 6.07 Å². The molecule has 1 aliphatic heterocycles. The van der Waals surface area contributed by atoms with Crippen molar-refractivity contribution in [2.45, 2.75) is 25.4 Å². The molecule has 0 spiro atoms. The van der Waals surface area contributed by atoms with Crippen molar-refractivity contribution in [2.24, 2.45) is 0 Å². The number of nitrogens with one attached hydrogen (secondary N) is 2. The van der Waals surface area contributed by atoms with Crippen LogP contribution in [-0.2, 0) is 20.6 Å². The van der Waals surface area contributed by atoms with Crippen molar-refractivity contribution in [2.75, 3.05) is 25.0 Å². The van der Waals surface area contributed by atoms with E-state index in [0.717, 1.165) is 12.5 Å². The highest BCUT2D eigenvalue weighted by Crippen LogP contribution is 2.36. The highest BCUT2D eigenvalue weighted by atomic mass is 35.5. The first-order valence-electron chi connectivity index (χ1n) is 7.92. The molecule has 1 fully saturated rings. The van der Waals surface area contributed by atoms with Crippen molar-refractivity contribution < 1.29 is 27.6 Å². The number of hydrogen-bond acceptors (Lipinski definition) is 3. The van der Waals surface area contributed by atoms with Crippen LogP contribution in [0.25, 0.3) is 0 Å². The van der Waals surface area contributed by atoms with E-state index >= 15 is 0 Å². The van der Waals surface area contributed by atoms with Crippen molar-refractivity contribution in [1.29, 1.82) is 0 Å². The van der Waals surface area contributed by atoms with Crippen LogP contribution >= 0.6 is 11.6 Å². The Labute approximate surface area is 152 Å². The third-order valence-electron chi connectivity index (χ3n) is 3.80. The maximum Gasteiger partial charge on any atom is 0.418 e. The molecule has 0 aromatic heterocycles. The summed E-state index contributed by atoms with van der Waals surface area (Å²) in [6.45, 7) is 1.25. The molecule has 10 heteroatoms. The van der Waals surface area contributed by atoms with Crippen molar-refractivity contribution in [3.63, 3.8) is 0 Å². The number of halogens is 4. The fourth-order valence-electron chi connectivity index (χ4n) is 2.53. The molecule has 6 nitrogen and oxygen atoms in total. The van der Waals surface area contributed by atoms with Gasteiger partial charge in [-0.2, -0.15) is 13.2 Å². The molecule has 26 heavy (non-hydrogen) atoms. The van der Waals surface area contributed by atoms with Crippen LogP contribution in [0.2, 0.25) is 5.02 Å². The number of carbonyl (C=O) groups is 3. The van der Waals surface area contributed by atoms with Gasteiger partial charge >= 0.3 is 18.0 Å². The van der Waals surface area contributed by atoms with Crippen molar-refractivity contribution in [3.05, 3.63) is 28.8 Å². The molecule has 0 atom stereocenters. The molecule has 0 saturated carbocycles. The van der Waals surface area contributed by atoms with Gasteiger partial charge in [-0.3, -0.25) is 14.4 Å². The Morgan fingerprint density at radius 1 is 1.23 bits per heavy atom. The van der Waals surface area contributed by atoms with Crippen LogP contribution in [0, 0.1) is 0 Å². The largest absolute Gasteiger partial charge is 0.418 e. The number of carbonyl (C=O) groups excluding carboxylic acids is 3. The smallest absolute Gasteiger partial charge is 0.348 e. The third kappa shape index (κ3) is 5.35. The van der Waals surface area contributed by atoms with E-state index in [1.807, 2.05) is 5.32 Å². The zero-order valence-electron chi connectivity index (χ0n) is 13.7. The standard InChI is InChI=1S/C16H17ClF3N3O3/c17-10-4-5-12(11(9-10)16(18,19)20)22-15(26)14(25)21-6-2-8-23-7-1-3-13(23)24/h4-5,9H,1-3,6-8H2,(H,21,25)(H,22,26). The molecule has 1 heterocycles. The fraction of sp³-hybridized carbons (Fsp3) is 0.438. The first-order chi connectivity index (χ1) is 12.2. The van der Waals surface area contributed by atoms with E-state index in [2.05, 4.69) is 5.32 Å². The molecule has 1 aromatic rings. The van der Waals surface area contributed by atoms with E-state index in [-0.39, 0.29) is 17.5 Å². The first-order valence-corrected chi connectivity index (χ1v) is 8.30. The number of amides is 3. The van der Waals surface area contributed by atoms with Gasteiger partial charge in [0.1, 0.15) is 0 Å². The SMILES string of the molecule is O=C(NCCCN1CCCC1=O)C(=O)Nc1ccc(Cl)cc1C(F)(F)F. The summed E-state index contributed by atoms with van der Waals surface area (Å²) < 4.78 is 38.9. The predicted molar refractivity (Wildman–Crippen MR) is 88.5 cm³/mol. The average Bonchev–Trinajstić information content (AvgIpc) is 2.97. The Hall–Kier alpha value is -2.29. The number of likely N-dealkylation sites (tertiary alicyclic amines) is 1. The lowest BCUT2D eigenvalue weighted by atomic mass is 10.1. The van der Waals surface area contributed by atoms with E-state index in [1.54, 1.807) is 4.90 Å². The molecule has 3 amide bonds. The Bertz CT molecular complexity index is 710. The quantitative estimate of drug-likeness (QED) is 0.597. The summed E-state index contributed by atoms with van der Waals surface area (Å²) >= 11 is 5.55. The lowest BCUT2D eigenvalue weighted by Crippen LogP contribution is -2.37. The van der Waals surface area contributed by atoms with Gasteiger partial charge in [0.2, 0.25) is 5.91 Å². The molecule has 2 rings (SSSR count). The van der Waals surface area contributed by atoms with Crippen LogP contribution < -0.4 is 10.6 Å². The molecule has 142 valence electrons. The van der Waals surface area contributed by atoms with E-state index in [0.29, 0.717) is 32.0 Å². The lowest BCUT2D eigenvalue weighted by molar-refractivity contribution is -0.138. The summed E-state index contributed by atoms with van der Waals surface area (Å²) in [5, 5.41) is 4.11. The summed E-state index contributed by atoms with van der Waals surface area (Å²) in [4.78, 5) is 36.6. The van der Waals surface area contributed by atoms with E-state index < -0.39 is 29.2 Å². The van der Waals surface area contributed by atoms with Crippen molar-refractivity contribution in [3.8, 4) is 0 Å². The zero-order chi connectivity index (χ0) is 19.3. The van der Waals surface area contributed by atoms with E-state index in [4.69, 9.17) is 11.6 Å². The number of anilines is 1. The van der Waals surface area contributed by atoms with Crippen molar-refractivity contribution >= 4 is 35.0 Å². The summed E-state index contributed by atoms with van der Waals surface area (Å²) in [7, 11) is 0. The molecular weight excluding hydrogens is 375 g/mol. The Kier molecular flexibility index (Phi) is 6.47. The first kappa shape index (κ1) is 20.0. The van der Waals surface area contributed by atoms with Gasteiger partial charge in [-0.1, -0.05) is 11.6 Å². The Morgan fingerprint density at radius 3 is 2.58 bits per heavy atom. The minimum atomic E-state index is -4.73. The molecule has 0 radical (unpaired) electrons. The molecule has 0 bridgehead atoms. The summed E-state index contributed by atoms with van der Waals surface area (Å²) in [5.74, 6) is -2.22. The van der Waals surface area contributed by atoms with Crippen LogP contribution in [0.1, 0.15) is 24.8 Å². The minimum Gasteiger partial charge on any atom is -0.348 e. The van der Waals surface area contributed by atoms with Gasteiger partial charge in [0.15, 0.2) is 0 Å². The monoisotopic (exact) mass is 391 g/mol. The molecule has 1 saturated heterocycles. The second-order valence-corrected chi connectivity index (χ2v) is 6.17. The zero-order valence-corrected chi connectivity index (χ0v) is 14.4. The maximum atomic E-state index is 13.0. The molecule has 2 N–H and O–H groups in total. The molecule has 0 unspecified atom stereocenters. The van der Waals surface area contributed by atoms with Crippen LogP contribution in [-0.4, -0.2) is 42.3 Å². The summed E-state index contributed by atoms with van der Waals surface area (Å²) in [6, 6.07) is 2.83. The minimum absolute atomic E-state index is 0.0523. The maximum absolute atomic E-state index is 13.0. The van der Waals surface area contributed by atoms with Gasteiger partial charge in [0.05, 0.1) is 11.3 Å². The summed E-state index contributed by atoms with van der Waals surface area (Å²) in [6.07, 6.45) is -2.97. The Morgan fingerprint density at radius 2 is 1.96 bits per heavy atom. The second-order valence-electron chi connectivity index (χ2n) is 5.74. The van der Waals surface area contributed by atoms with Gasteiger partial charge in [-0.15, -0.1) is 0 Å². The number of alkyl halides is 3. The van der Waals surface area contributed by atoms with Gasteiger partial charge in [0, 0.05) is 31.1 Å². The lowest BCUT2D eigenvalue weighted by Gasteiger charge is -2.15.